The minimum Gasteiger partial charge on any atom is -0.455 e. The smallest absolute Gasteiger partial charge is 0.293 e. The summed E-state index contributed by atoms with van der Waals surface area (Å²) in [6, 6.07) is 12.6. The lowest BCUT2D eigenvalue weighted by atomic mass is 10.2. The summed E-state index contributed by atoms with van der Waals surface area (Å²) >= 11 is 0. The Morgan fingerprint density at radius 1 is 1.23 bits per heavy atom. The molecule has 3 N–H and O–H groups in total. The number of H-pyrrole nitrogens is 1. The van der Waals surface area contributed by atoms with Crippen LogP contribution in [0, 0.1) is 10.1 Å². The Labute approximate surface area is 244 Å². The maximum atomic E-state index is 13.1. The number of halogens is 2. The van der Waals surface area contributed by atoms with Gasteiger partial charge in [0.05, 0.1) is 40.8 Å². The fourth-order valence-corrected chi connectivity index (χ4v) is 5.54. The van der Waals surface area contributed by atoms with E-state index >= 15 is 0 Å². The zero-order valence-corrected chi connectivity index (χ0v) is 23.2. The molecule has 0 saturated carbocycles. The molecule has 1 saturated heterocycles. The average molecular weight is 617 g/mol. The summed E-state index contributed by atoms with van der Waals surface area (Å²) in [5, 5.41) is 15.4. The SMILES string of the molecule is O=C(NS(=O)(=O)c1ccc(NCC2CN(CC(F)F)CCO2)c([N+](=O)[O-])c1)c1ccccc1Oc1cnc2[nH]ccc2c1. The molecule has 0 spiro atoms. The zero-order valence-electron chi connectivity index (χ0n) is 22.4. The second-order valence-electron chi connectivity index (χ2n) is 9.58. The van der Waals surface area contributed by atoms with Crippen LogP contribution in [0.5, 0.6) is 11.5 Å². The topological polar surface area (TPSA) is 169 Å². The molecule has 5 rings (SSSR count). The van der Waals surface area contributed by atoms with Crippen molar-refractivity contribution in [3.8, 4) is 11.5 Å². The minimum atomic E-state index is -4.55. The number of nitro benzene ring substituents is 1. The van der Waals surface area contributed by atoms with Crippen molar-refractivity contribution >= 4 is 38.3 Å². The van der Waals surface area contributed by atoms with Gasteiger partial charge in [-0.15, -0.1) is 0 Å². The van der Waals surface area contributed by atoms with Crippen molar-refractivity contribution in [3.05, 3.63) is 82.7 Å². The molecule has 1 atom stereocenters. The molecule has 1 fully saturated rings. The number of nitrogens with zero attached hydrogens (tertiary/aromatic N) is 3. The van der Waals surface area contributed by atoms with E-state index in [0.717, 1.165) is 17.5 Å². The molecule has 1 aliphatic heterocycles. The van der Waals surface area contributed by atoms with Gasteiger partial charge in [-0.1, -0.05) is 12.1 Å². The van der Waals surface area contributed by atoms with Crippen LogP contribution in [0.25, 0.3) is 11.0 Å². The van der Waals surface area contributed by atoms with E-state index in [-0.39, 0.29) is 36.7 Å². The number of benzene rings is 2. The van der Waals surface area contributed by atoms with Crippen LogP contribution in [0.2, 0.25) is 0 Å². The number of hydrogen-bond donors (Lipinski definition) is 3. The van der Waals surface area contributed by atoms with Gasteiger partial charge in [0, 0.05) is 37.3 Å². The summed E-state index contributed by atoms with van der Waals surface area (Å²) in [6.07, 6.45) is 0.135. The molecule has 0 radical (unpaired) electrons. The van der Waals surface area contributed by atoms with Crippen molar-refractivity contribution in [2.45, 2.75) is 17.4 Å². The molecule has 4 aromatic rings. The maximum Gasteiger partial charge on any atom is 0.293 e. The number of nitro groups is 1. The number of aromatic amines is 1. The molecule has 13 nitrogen and oxygen atoms in total. The largest absolute Gasteiger partial charge is 0.455 e. The van der Waals surface area contributed by atoms with E-state index in [1.165, 1.54) is 35.4 Å². The molecular formula is C27H26F2N6O7S. The highest BCUT2D eigenvalue weighted by atomic mass is 32.2. The molecule has 0 aliphatic carbocycles. The van der Waals surface area contributed by atoms with Crippen LogP contribution in [-0.4, -0.2) is 79.4 Å². The number of para-hydroxylation sites is 1. The number of rotatable bonds is 11. The average Bonchev–Trinajstić information content (AvgIpc) is 3.44. The van der Waals surface area contributed by atoms with Gasteiger partial charge in [0.2, 0.25) is 0 Å². The first-order valence-electron chi connectivity index (χ1n) is 13.0. The third-order valence-electron chi connectivity index (χ3n) is 6.58. The molecule has 0 bridgehead atoms. The Balaban J connectivity index is 1.29. The first-order chi connectivity index (χ1) is 20.6. The van der Waals surface area contributed by atoms with Crippen molar-refractivity contribution in [2.75, 3.05) is 38.1 Å². The lowest BCUT2D eigenvalue weighted by Gasteiger charge is -2.32. The number of ether oxygens (including phenoxy) is 2. The van der Waals surface area contributed by atoms with Crippen LogP contribution in [0.3, 0.4) is 0 Å². The molecule has 43 heavy (non-hydrogen) atoms. The Bertz CT molecular complexity index is 1750. The molecule has 226 valence electrons. The van der Waals surface area contributed by atoms with Crippen molar-refractivity contribution in [1.82, 2.24) is 19.6 Å². The molecule has 3 heterocycles. The van der Waals surface area contributed by atoms with Gasteiger partial charge in [-0.05, 0) is 36.4 Å². The number of anilines is 1. The van der Waals surface area contributed by atoms with Gasteiger partial charge in [0.25, 0.3) is 28.0 Å². The van der Waals surface area contributed by atoms with Gasteiger partial charge in [0.1, 0.15) is 22.8 Å². The first-order valence-corrected chi connectivity index (χ1v) is 14.5. The molecule has 1 amide bonds. The predicted octanol–water partition coefficient (Wildman–Crippen LogP) is 3.76. The molecular weight excluding hydrogens is 590 g/mol. The summed E-state index contributed by atoms with van der Waals surface area (Å²) in [4.78, 5) is 32.3. The van der Waals surface area contributed by atoms with E-state index in [1.54, 1.807) is 24.4 Å². The van der Waals surface area contributed by atoms with Crippen LogP contribution in [0.15, 0.2) is 71.9 Å². The summed E-state index contributed by atoms with van der Waals surface area (Å²) in [5.74, 6) is -0.636. The number of morpholine rings is 1. The van der Waals surface area contributed by atoms with Crippen LogP contribution in [0.1, 0.15) is 10.4 Å². The van der Waals surface area contributed by atoms with Gasteiger partial charge in [-0.3, -0.25) is 19.8 Å². The first kappa shape index (κ1) is 29.8. The van der Waals surface area contributed by atoms with Crippen LogP contribution >= 0.6 is 0 Å². The molecule has 16 heteroatoms. The Morgan fingerprint density at radius 3 is 2.84 bits per heavy atom. The van der Waals surface area contributed by atoms with E-state index in [4.69, 9.17) is 9.47 Å². The quantitative estimate of drug-likeness (QED) is 0.167. The molecule has 2 aromatic heterocycles. The molecule has 2 aromatic carbocycles. The van der Waals surface area contributed by atoms with E-state index in [9.17, 15) is 32.1 Å². The van der Waals surface area contributed by atoms with Crippen molar-refractivity contribution < 1.29 is 36.4 Å². The lowest BCUT2D eigenvalue weighted by Crippen LogP contribution is -2.46. The predicted molar refractivity (Wildman–Crippen MR) is 151 cm³/mol. The van der Waals surface area contributed by atoms with Gasteiger partial charge >= 0.3 is 0 Å². The number of fused-ring (bicyclic) bond motifs is 1. The molecule has 1 aliphatic rings. The van der Waals surface area contributed by atoms with Crippen LogP contribution in [0.4, 0.5) is 20.2 Å². The number of sulfonamides is 1. The van der Waals surface area contributed by atoms with Gasteiger partial charge < -0.3 is 19.8 Å². The fraction of sp³-hybridized carbons (Fsp3) is 0.259. The summed E-state index contributed by atoms with van der Waals surface area (Å²) in [5.41, 5.74) is -0.0245. The van der Waals surface area contributed by atoms with E-state index in [2.05, 4.69) is 15.3 Å². The number of aromatic nitrogens is 2. The van der Waals surface area contributed by atoms with Crippen LogP contribution < -0.4 is 14.8 Å². The second kappa shape index (κ2) is 12.7. The Hall–Kier alpha value is -4.67. The summed E-state index contributed by atoms with van der Waals surface area (Å²) < 4.78 is 65.0. The lowest BCUT2D eigenvalue weighted by molar-refractivity contribution is -0.384. The zero-order chi connectivity index (χ0) is 30.6. The minimum absolute atomic E-state index is 0.00314. The van der Waals surface area contributed by atoms with Crippen molar-refractivity contribution in [3.63, 3.8) is 0 Å². The van der Waals surface area contributed by atoms with Gasteiger partial charge in [-0.2, -0.15) is 0 Å². The molecule has 1 unspecified atom stereocenters. The maximum absolute atomic E-state index is 13.1. The van der Waals surface area contributed by atoms with E-state index in [0.29, 0.717) is 17.9 Å². The third kappa shape index (κ3) is 7.22. The third-order valence-corrected chi connectivity index (χ3v) is 7.91. The number of amides is 1. The van der Waals surface area contributed by atoms with Crippen LogP contribution in [-0.2, 0) is 14.8 Å². The van der Waals surface area contributed by atoms with Gasteiger partial charge in [-0.25, -0.2) is 26.9 Å². The van der Waals surface area contributed by atoms with Gasteiger partial charge in [0.15, 0.2) is 0 Å². The number of hydrogen-bond acceptors (Lipinski definition) is 10. The standard InChI is InChI=1S/C27H26F2N6O7S/c28-25(29)16-34-9-10-41-19(15-34)14-31-22-6-5-20(12-23(22)35(37)38)43(39,40)33-27(36)21-3-1-2-4-24(21)42-18-11-17-7-8-30-26(17)32-13-18/h1-8,11-13,19,25,31H,9-10,14-16H2,(H,30,32)(H,33,36). The second-order valence-corrected chi connectivity index (χ2v) is 11.3. The number of carbonyl (C=O) groups excluding carboxylic acids is 1. The normalized spacial score (nSPS) is 15.8. The van der Waals surface area contributed by atoms with E-state index < -0.39 is 50.5 Å². The highest BCUT2D eigenvalue weighted by Gasteiger charge is 2.27. The number of alkyl halides is 2. The number of pyridine rings is 1. The Morgan fingerprint density at radius 2 is 2.05 bits per heavy atom. The number of nitrogens with one attached hydrogen (secondary N) is 3. The highest BCUT2D eigenvalue weighted by Crippen LogP contribution is 2.30. The summed E-state index contributed by atoms with van der Waals surface area (Å²) in [7, 11) is -4.55. The monoisotopic (exact) mass is 616 g/mol. The fourth-order valence-electron chi connectivity index (χ4n) is 4.55. The van der Waals surface area contributed by atoms with Crippen molar-refractivity contribution in [1.29, 1.82) is 0 Å². The number of carbonyl (C=O) groups is 1. The Kier molecular flexibility index (Phi) is 8.79. The van der Waals surface area contributed by atoms with Crippen molar-refractivity contribution in [2.24, 2.45) is 0 Å². The summed E-state index contributed by atoms with van der Waals surface area (Å²) in [6.45, 7) is 0.426. The highest BCUT2D eigenvalue weighted by molar-refractivity contribution is 7.90. The van der Waals surface area contributed by atoms with E-state index in [1.807, 2.05) is 4.72 Å².